The highest BCUT2D eigenvalue weighted by Crippen LogP contribution is 2.40. The number of hydrogen-bond acceptors (Lipinski definition) is 2. The minimum absolute atomic E-state index is 0.838. The highest BCUT2D eigenvalue weighted by atomic mass is 15.1. The summed E-state index contributed by atoms with van der Waals surface area (Å²) >= 11 is 0. The fourth-order valence-electron chi connectivity index (χ4n) is 3.37. The van der Waals surface area contributed by atoms with Crippen molar-refractivity contribution in [2.24, 2.45) is 5.92 Å². The molecule has 1 aromatic carbocycles. The van der Waals surface area contributed by atoms with Gasteiger partial charge in [-0.3, -0.25) is 4.90 Å². The highest BCUT2D eigenvalue weighted by molar-refractivity contribution is 5.29. The van der Waals surface area contributed by atoms with Crippen LogP contribution >= 0.6 is 0 Å². The first-order valence-electron chi connectivity index (χ1n) is 7.81. The number of hydrogen-bond donors (Lipinski definition) is 1. The van der Waals surface area contributed by atoms with E-state index in [1.807, 2.05) is 0 Å². The molecule has 0 radical (unpaired) electrons. The average molecular weight is 258 g/mol. The summed E-state index contributed by atoms with van der Waals surface area (Å²) in [5, 5.41) is 3.33. The summed E-state index contributed by atoms with van der Waals surface area (Å²) in [6, 6.07) is 9.30. The molecule has 3 rings (SSSR count). The molecule has 0 spiro atoms. The zero-order valence-corrected chi connectivity index (χ0v) is 12.1. The van der Waals surface area contributed by atoms with Crippen molar-refractivity contribution >= 4 is 0 Å². The Morgan fingerprint density at radius 2 is 2.16 bits per heavy atom. The molecule has 1 unspecified atom stereocenters. The number of piperidine rings is 1. The first kappa shape index (κ1) is 13.1. The molecule has 1 saturated carbocycles. The second-order valence-electron chi connectivity index (χ2n) is 6.32. The third-order valence-electron chi connectivity index (χ3n) is 4.50. The van der Waals surface area contributed by atoms with Crippen LogP contribution in [0.3, 0.4) is 0 Å². The molecule has 1 heterocycles. The highest BCUT2D eigenvalue weighted by Gasteiger charge is 2.24. The van der Waals surface area contributed by atoms with Crippen molar-refractivity contribution in [3.63, 3.8) is 0 Å². The van der Waals surface area contributed by atoms with Gasteiger partial charge in [0.15, 0.2) is 0 Å². The zero-order valence-electron chi connectivity index (χ0n) is 12.1. The van der Waals surface area contributed by atoms with Crippen molar-refractivity contribution in [3.05, 3.63) is 35.4 Å². The van der Waals surface area contributed by atoms with Crippen molar-refractivity contribution in [1.29, 1.82) is 0 Å². The van der Waals surface area contributed by atoms with Gasteiger partial charge in [0.05, 0.1) is 0 Å². The monoisotopic (exact) mass is 258 g/mol. The molecule has 1 aliphatic heterocycles. The van der Waals surface area contributed by atoms with Gasteiger partial charge in [0.25, 0.3) is 0 Å². The molecular weight excluding hydrogens is 232 g/mol. The van der Waals surface area contributed by atoms with E-state index in [0.29, 0.717) is 0 Å². The van der Waals surface area contributed by atoms with E-state index in [0.717, 1.165) is 18.4 Å². The second-order valence-corrected chi connectivity index (χ2v) is 6.32. The molecule has 2 fully saturated rings. The van der Waals surface area contributed by atoms with E-state index in [9.17, 15) is 0 Å². The van der Waals surface area contributed by atoms with Crippen molar-refractivity contribution in [3.8, 4) is 0 Å². The van der Waals surface area contributed by atoms with Crippen LogP contribution in [0.1, 0.15) is 42.7 Å². The largest absolute Gasteiger partial charge is 0.319 e. The lowest BCUT2D eigenvalue weighted by atomic mass is 9.97. The standard InChI is InChI=1S/C17H26N2/c1-18-11-15-5-3-9-19(13-15)12-14-4-2-6-17(10-14)16-7-8-16/h2,4,6,10,15-16,18H,3,5,7-9,11-13H2,1H3. The van der Waals surface area contributed by atoms with Crippen LogP contribution < -0.4 is 5.32 Å². The molecule has 1 N–H and O–H groups in total. The molecule has 1 saturated heterocycles. The van der Waals surface area contributed by atoms with Crippen LogP contribution in [0.5, 0.6) is 0 Å². The van der Waals surface area contributed by atoms with Crippen LogP contribution in [0.15, 0.2) is 24.3 Å². The quantitative estimate of drug-likeness (QED) is 0.873. The summed E-state index contributed by atoms with van der Waals surface area (Å²) in [7, 11) is 2.07. The van der Waals surface area contributed by atoms with Gasteiger partial charge in [0.2, 0.25) is 0 Å². The van der Waals surface area contributed by atoms with Crippen LogP contribution in [0, 0.1) is 5.92 Å². The smallest absolute Gasteiger partial charge is 0.0233 e. The second kappa shape index (κ2) is 6.06. The predicted octanol–water partition coefficient (Wildman–Crippen LogP) is 3.00. The summed E-state index contributed by atoms with van der Waals surface area (Å²) in [5.41, 5.74) is 3.08. The Labute approximate surface area is 117 Å². The number of nitrogens with zero attached hydrogens (tertiary/aromatic N) is 1. The Morgan fingerprint density at radius 1 is 1.26 bits per heavy atom. The molecule has 2 nitrogen and oxygen atoms in total. The maximum absolute atomic E-state index is 3.33. The molecule has 2 aliphatic rings. The van der Waals surface area contributed by atoms with E-state index in [2.05, 4.69) is 41.5 Å². The van der Waals surface area contributed by atoms with Crippen molar-refractivity contribution in [2.75, 3.05) is 26.7 Å². The molecule has 1 aromatic rings. The fraction of sp³-hybridized carbons (Fsp3) is 0.647. The van der Waals surface area contributed by atoms with Crippen LogP contribution in [0.25, 0.3) is 0 Å². The maximum Gasteiger partial charge on any atom is 0.0233 e. The van der Waals surface area contributed by atoms with Gasteiger partial charge in [0.1, 0.15) is 0 Å². The van der Waals surface area contributed by atoms with Crippen molar-refractivity contribution in [1.82, 2.24) is 10.2 Å². The summed E-state index contributed by atoms with van der Waals surface area (Å²) in [4.78, 5) is 2.64. The van der Waals surface area contributed by atoms with Gasteiger partial charge in [-0.25, -0.2) is 0 Å². The number of benzene rings is 1. The molecule has 19 heavy (non-hydrogen) atoms. The summed E-state index contributed by atoms with van der Waals surface area (Å²) in [5.74, 6) is 1.71. The lowest BCUT2D eigenvalue weighted by Crippen LogP contribution is -2.38. The predicted molar refractivity (Wildman–Crippen MR) is 80.3 cm³/mol. The molecule has 0 aromatic heterocycles. The summed E-state index contributed by atoms with van der Waals surface area (Å²) in [6.07, 6.45) is 5.54. The van der Waals surface area contributed by atoms with E-state index in [-0.39, 0.29) is 0 Å². The Kier molecular flexibility index (Phi) is 4.19. The Hall–Kier alpha value is -0.860. The molecule has 1 aliphatic carbocycles. The van der Waals surface area contributed by atoms with Gasteiger partial charge >= 0.3 is 0 Å². The molecule has 0 bridgehead atoms. The lowest BCUT2D eigenvalue weighted by Gasteiger charge is -2.32. The molecule has 1 atom stereocenters. The van der Waals surface area contributed by atoms with Crippen LogP contribution in [0.4, 0.5) is 0 Å². The summed E-state index contributed by atoms with van der Waals surface area (Å²) < 4.78 is 0. The lowest BCUT2D eigenvalue weighted by molar-refractivity contribution is 0.167. The first-order valence-corrected chi connectivity index (χ1v) is 7.81. The van der Waals surface area contributed by atoms with E-state index < -0.39 is 0 Å². The fourth-order valence-corrected chi connectivity index (χ4v) is 3.37. The Balaban J connectivity index is 1.59. The molecule has 104 valence electrons. The Morgan fingerprint density at radius 3 is 2.95 bits per heavy atom. The van der Waals surface area contributed by atoms with Gasteiger partial charge in [-0.2, -0.15) is 0 Å². The number of likely N-dealkylation sites (tertiary alicyclic amines) is 1. The third kappa shape index (κ3) is 3.58. The minimum Gasteiger partial charge on any atom is -0.319 e. The van der Waals surface area contributed by atoms with Gasteiger partial charge < -0.3 is 5.32 Å². The van der Waals surface area contributed by atoms with Crippen LogP contribution in [-0.2, 0) is 6.54 Å². The zero-order chi connectivity index (χ0) is 13.1. The van der Waals surface area contributed by atoms with Gasteiger partial charge in [-0.1, -0.05) is 24.3 Å². The van der Waals surface area contributed by atoms with Crippen molar-refractivity contribution < 1.29 is 0 Å². The average Bonchev–Trinajstić information content (AvgIpc) is 3.24. The number of rotatable bonds is 5. The van der Waals surface area contributed by atoms with Crippen molar-refractivity contribution in [2.45, 2.75) is 38.1 Å². The number of nitrogens with one attached hydrogen (secondary N) is 1. The van der Waals surface area contributed by atoms with Gasteiger partial charge in [-0.05, 0) is 68.8 Å². The van der Waals surface area contributed by atoms with Gasteiger partial charge in [0, 0.05) is 13.1 Å². The molecule has 2 heteroatoms. The van der Waals surface area contributed by atoms with Crippen LogP contribution in [0.2, 0.25) is 0 Å². The SMILES string of the molecule is CNCC1CCCN(Cc2cccc(C3CC3)c2)C1. The third-order valence-corrected chi connectivity index (χ3v) is 4.50. The molecular formula is C17H26N2. The first-order chi connectivity index (χ1) is 9.35. The van der Waals surface area contributed by atoms with E-state index in [1.165, 1.54) is 50.9 Å². The minimum atomic E-state index is 0.838. The maximum atomic E-state index is 3.33. The van der Waals surface area contributed by atoms with E-state index in [1.54, 1.807) is 5.56 Å². The van der Waals surface area contributed by atoms with E-state index >= 15 is 0 Å². The van der Waals surface area contributed by atoms with Gasteiger partial charge in [-0.15, -0.1) is 0 Å². The van der Waals surface area contributed by atoms with Crippen LogP contribution in [-0.4, -0.2) is 31.6 Å². The Bertz CT molecular complexity index is 409. The summed E-state index contributed by atoms with van der Waals surface area (Å²) in [6.45, 7) is 4.84. The normalized spacial score (nSPS) is 24.6. The van der Waals surface area contributed by atoms with E-state index in [4.69, 9.17) is 0 Å². The topological polar surface area (TPSA) is 15.3 Å². The molecule has 0 amide bonds.